The number of likely N-dealkylation sites (tertiary alicyclic amines) is 1. The predicted molar refractivity (Wildman–Crippen MR) is 97.5 cm³/mol. The van der Waals surface area contributed by atoms with Gasteiger partial charge in [-0.15, -0.1) is 0 Å². The van der Waals surface area contributed by atoms with Gasteiger partial charge in [-0.2, -0.15) is 0 Å². The van der Waals surface area contributed by atoms with Crippen LogP contribution in [0.25, 0.3) is 0 Å². The standard InChI is InChI=1S/C18H36N2O2S/c1-15-5-7-18(8-6-15)20-11-9-17(10-12-20)19(3)13-16(2)14-23(4,21)22/h15-18H,5-14H2,1-4H3/t15?,16-,18?/m1/s1. The average Bonchev–Trinajstić information content (AvgIpc) is 2.46. The predicted octanol–water partition coefficient (Wildman–Crippen LogP) is 2.64. The van der Waals surface area contributed by atoms with Crippen LogP contribution in [0.5, 0.6) is 0 Å². The minimum Gasteiger partial charge on any atom is -0.303 e. The molecule has 1 atom stereocenters. The van der Waals surface area contributed by atoms with Gasteiger partial charge in [-0.25, -0.2) is 8.42 Å². The molecule has 2 rings (SSSR count). The third kappa shape index (κ3) is 6.35. The summed E-state index contributed by atoms with van der Waals surface area (Å²) >= 11 is 0. The van der Waals surface area contributed by atoms with Crippen LogP contribution in [0.2, 0.25) is 0 Å². The highest BCUT2D eigenvalue weighted by atomic mass is 32.2. The van der Waals surface area contributed by atoms with E-state index in [-0.39, 0.29) is 5.92 Å². The van der Waals surface area contributed by atoms with Gasteiger partial charge in [0.25, 0.3) is 0 Å². The first-order valence-corrected chi connectivity index (χ1v) is 11.4. The lowest BCUT2D eigenvalue weighted by molar-refractivity contribution is 0.0710. The molecule has 2 aliphatic rings. The summed E-state index contributed by atoms with van der Waals surface area (Å²) in [6, 6.07) is 1.44. The number of rotatable bonds is 6. The normalized spacial score (nSPS) is 29.8. The third-order valence-electron chi connectivity index (χ3n) is 5.81. The van der Waals surface area contributed by atoms with Crippen molar-refractivity contribution in [3.8, 4) is 0 Å². The summed E-state index contributed by atoms with van der Waals surface area (Å²) < 4.78 is 22.8. The largest absolute Gasteiger partial charge is 0.303 e. The van der Waals surface area contributed by atoms with E-state index in [0.717, 1.165) is 18.5 Å². The molecule has 0 bridgehead atoms. The maximum absolute atomic E-state index is 11.4. The van der Waals surface area contributed by atoms with E-state index in [2.05, 4.69) is 30.7 Å². The van der Waals surface area contributed by atoms with E-state index in [1.807, 2.05) is 0 Å². The maximum atomic E-state index is 11.4. The van der Waals surface area contributed by atoms with E-state index in [4.69, 9.17) is 0 Å². The van der Waals surface area contributed by atoms with Crippen LogP contribution in [0.3, 0.4) is 0 Å². The lowest BCUT2D eigenvalue weighted by Gasteiger charge is -2.42. The summed E-state index contributed by atoms with van der Waals surface area (Å²) in [5.74, 6) is 1.44. The van der Waals surface area contributed by atoms with Gasteiger partial charge in [0.1, 0.15) is 9.84 Å². The van der Waals surface area contributed by atoms with Crippen LogP contribution in [0, 0.1) is 11.8 Å². The van der Waals surface area contributed by atoms with Crippen LogP contribution in [0.1, 0.15) is 52.4 Å². The maximum Gasteiger partial charge on any atom is 0.147 e. The summed E-state index contributed by atoms with van der Waals surface area (Å²) in [7, 11) is -0.694. The van der Waals surface area contributed by atoms with Crippen molar-refractivity contribution in [2.75, 3.05) is 38.7 Å². The number of nitrogens with zero attached hydrogens (tertiary/aromatic N) is 2. The average molecular weight is 345 g/mol. The highest BCUT2D eigenvalue weighted by Gasteiger charge is 2.29. The summed E-state index contributed by atoms with van der Waals surface area (Å²) in [5.41, 5.74) is 0. The highest BCUT2D eigenvalue weighted by molar-refractivity contribution is 7.90. The van der Waals surface area contributed by atoms with Gasteiger partial charge in [0, 0.05) is 24.9 Å². The molecule has 0 N–H and O–H groups in total. The fourth-order valence-electron chi connectivity index (χ4n) is 4.51. The number of piperidine rings is 1. The molecule has 2 fully saturated rings. The molecule has 23 heavy (non-hydrogen) atoms. The lowest BCUT2D eigenvalue weighted by atomic mass is 9.85. The van der Waals surface area contributed by atoms with Gasteiger partial charge < -0.3 is 9.80 Å². The Kier molecular flexibility index (Phi) is 6.93. The monoisotopic (exact) mass is 344 g/mol. The zero-order valence-electron chi connectivity index (χ0n) is 15.5. The first-order chi connectivity index (χ1) is 10.7. The molecule has 0 aromatic carbocycles. The van der Waals surface area contributed by atoms with E-state index < -0.39 is 9.84 Å². The zero-order valence-corrected chi connectivity index (χ0v) is 16.3. The summed E-state index contributed by atoms with van der Waals surface area (Å²) in [6.07, 6.45) is 9.36. The van der Waals surface area contributed by atoms with Gasteiger partial charge in [0.05, 0.1) is 5.75 Å². The smallest absolute Gasteiger partial charge is 0.147 e. The Balaban J connectivity index is 1.73. The molecule has 1 saturated heterocycles. The van der Waals surface area contributed by atoms with Crippen LogP contribution in [-0.2, 0) is 9.84 Å². The molecule has 5 heteroatoms. The Bertz CT molecular complexity index is 450. The molecule has 0 radical (unpaired) electrons. The molecular formula is C18H36N2O2S. The fraction of sp³-hybridized carbons (Fsp3) is 1.00. The molecule has 0 spiro atoms. The van der Waals surface area contributed by atoms with E-state index >= 15 is 0 Å². The van der Waals surface area contributed by atoms with Gasteiger partial charge in [0.2, 0.25) is 0 Å². The van der Waals surface area contributed by atoms with E-state index in [1.54, 1.807) is 0 Å². The molecule has 136 valence electrons. The Morgan fingerprint density at radius 3 is 2.17 bits per heavy atom. The SMILES string of the molecule is CC1CCC(N2CCC(N(C)C[C@@H](C)CS(C)(=O)=O)CC2)CC1. The molecular weight excluding hydrogens is 308 g/mol. The molecule has 4 nitrogen and oxygen atoms in total. The summed E-state index contributed by atoms with van der Waals surface area (Å²) in [4.78, 5) is 5.12. The summed E-state index contributed by atoms with van der Waals surface area (Å²) in [6.45, 7) is 7.76. The molecule has 1 saturated carbocycles. The Hall–Kier alpha value is -0.130. The number of hydrogen-bond donors (Lipinski definition) is 0. The zero-order chi connectivity index (χ0) is 17.0. The molecule has 1 heterocycles. The molecule has 0 amide bonds. The third-order valence-corrected chi connectivity index (χ3v) is 6.99. The second-order valence-electron chi connectivity index (χ2n) is 8.32. The number of sulfone groups is 1. The Morgan fingerprint density at radius 1 is 1.09 bits per heavy atom. The van der Waals surface area contributed by atoms with Crippen molar-refractivity contribution in [2.45, 2.75) is 64.5 Å². The van der Waals surface area contributed by atoms with Crippen molar-refractivity contribution >= 4 is 9.84 Å². The molecule has 0 unspecified atom stereocenters. The van der Waals surface area contributed by atoms with E-state index in [1.165, 1.54) is 57.9 Å². The fourth-order valence-corrected chi connectivity index (χ4v) is 5.65. The molecule has 1 aliphatic carbocycles. The van der Waals surface area contributed by atoms with Crippen LogP contribution < -0.4 is 0 Å². The van der Waals surface area contributed by atoms with Gasteiger partial charge in [-0.1, -0.05) is 13.8 Å². The molecule has 0 aromatic rings. The number of hydrogen-bond acceptors (Lipinski definition) is 4. The van der Waals surface area contributed by atoms with Gasteiger partial charge in [-0.3, -0.25) is 0 Å². The Labute approximate surface area is 143 Å². The second kappa shape index (κ2) is 8.30. The molecule has 0 aromatic heterocycles. The van der Waals surface area contributed by atoms with Crippen molar-refractivity contribution in [3.63, 3.8) is 0 Å². The lowest BCUT2D eigenvalue weighted by Crippen LogP contribution is -2.48. The quantitative estimate of drug-likeness (QED) is 0.743. The second-order valence-corrected chi connectivity index (χ2v) is 10.5. The van der Waals surface area contributed by atoms with E-state index in [9.17, 15) is 8.42 Å². The molecule has 1 aliphatic heterocycles. The minimum atomic E-state index is -2.86. The van der Waals surface area contributed by atoms with Crippen molar-refractivity contribution in [1.29, 1.82) is 0 Å². The van der Waals surface area contributed by atoms with Crippen LogP contribution in [0.15, 0.2) is 0 Å². The Morgan fingerprint density at radius 2 is 1.65 bits per heavy atom. The van der Waals surface area contributed by atoms with Crippen molar-refractivity contribution in [1.82, 2.24) is 9.80 Å². The van der Waals surface area contributed by atoms with Gasteiger partial charge in [-0.05, 0) is 70.5 Å². The van der Waals surface area contributed by atoms with Crippen molar-refractivity contribution in [3.05, 3.63) is 0 Å². The van der Waals surface area contributed by atoms with Crippen molar-refractivity contribution in [2.24, 2.45) is 11.8 Å². The van der Waals surface area contributed by atoms with Gasteiger partial charge in [0.15, 0.2) is 0 Å². The first-order valence-electron chi connectivity index (χ1n) is 9.36. The van der Waals surface area contributed by atoms with Crippen LogP contribution in [0.4, 0.5) is 0 Å². The first kappa shape index (κ1) is 19.2. The van der Waals surface area contributed by atoms with Crippen LogP contribution in [-0.4, -0.2) is 69.0 Å². The van der Waals surface area contributed by atoms with E-state index in [0.29, 0.717) is 11.8 Å². The van der Waals surface area contributed by atoms with Crippen LogP contribution >= 0.6 is 0 Å². The van der Waals surface area contributed by atoms with Crippen molar-refractivity contribution < 1.29 is 8.42 Å². The topological polar surface area (TPSA) is 40.6 Å². The van der Waals surface area contributed by atoms with Gasteiger partial charge >= 0.3 is 0 Å². The summed E-state index contributed by atoms with van der Waals surface area (Å²) in [5, 5.41) is 0. The highest BCUT2D eigenvalue weighted by Crippen LogP contribution is 2.29. The minimum absolute atomic E-state index is 0.216.